The van der Waals surface area contributed by atoms with Crippen LogP contribution >= 0.6 is 11.3 Å². The Balaban J connectivity index is 1.67. The molecule has 0 radical (unpaired) electrons. The molecule has 1 amide bonds. The van der Waals surface area contributed by atoms with Gasteiger partial charge in [0.15, 0.2) is 5.13 Å². The number of nitrogens with one attached hydrogen (secondary N) is 1. The summed E-state index contributed by atoms with van der Waals surface area (Å²) in [6, 6.07) is 8.88. The van der Waals surface area contributed by atoms with Crippen LogP contribution in [0.4, 0.5) is 5.13 Å². The van der Waals surface area contributed by atoms with Crippen molar-refractivity contribution in [2.45, 2.75) is 20.4 Å². The van der Waals surface area contributed by atoms with Gasteiger partial charge in [-0.15, -0.1) is 11.3 Å². The molecule has 0 aliphatic carbocycles. The van der Waals surface area contributed by atoms with E-state index >= 15 is 0 Å². The van der Waals surface area contributed by atoms with Crippen LogP contribution in [0.3, 0.4) is 0 Å². The number of pyridine rings is 2. The minimum Gasteiger partial charge on any atom is -0.497 e. The Morgan fingerprint density at radius 3 is 2.69 bits per heavy atom. The second kappa shape index (κ2) is 8.80. The molecule has 4 aromatic rings. The fourth-order valence-electron chi connectivity index (χ4n) is 3.40. The number of benzene rings is 1. The number of carbonyl (C=O) groups excluding carboxylic acids is 1. The van der Waals surface area contributed by atoms with Crippen molar-refractivity contribution in [1.82, 2.24) is 14.5 Å². The van der Waals surface area contributed by atoms with Crippen LogP contribution in [0.2, 0.25) is 0 Å². The number of rotatable bonds is 6. The highest BCUT2D eigenvalue weighted by atomic mass is 32.1. The average molecular weight is 451 g/mol. The largest absolute Gasteiger partial charge is 0.497 e. The van der Waals surface area contributed by atoms with E-state index in [1.807, 2.05) is 25.3 Å². The predicted octanol–water partition coefficient (Wildman–Crippen LogP) is 4.12. The fourth-order valence-corrected chi connectivity index (χ4v) is 4.10. The number of fused-ring (bicyclic) bond motifs is 1. The molecule has 0 spiro atoms. The van der Waals surface area contributed by atoms with E-state index in [9.17, 15) is 9.59 Å². The minimum atomic E-state index is -0.516. The summed E-state index contributed by atoms with van der Waals surface area (Å²) in [5.41, 5.74) is 2.42. The number of nitrogens with zero attached hydrogens (tertiary/aromatic N) is 3. The highest BCUT2D eigenvalue weighted by Crippen LogP contribution is 2.35. The molecule has 0 saturated heterocycles. The van der Waals surface area contributed by atoms with Gasteiger partial charge in [-0.1, -0.05) is 0 Å². The lowest BCUT2D eigenvalue weighted by Gasteiger charge is -2.11. The third-order valence-electron chi connectivity index (χ3n) is 5.05. The predicted molar refractivity (Wildman–Crippen MR) is 125 cm³/mol. The van der Waals surface area contributed by atoms with Gasteiger partial charge in [-0.05, 0) is 44.2 Å². The lowest BCUT2D eigenvalue weighted by molar-refractivity contribution is 0.102. The van der Waals surface area contributed by atoms with Crippen molar-refractivity contribution in [3.63, 3.8) is 0 Å². The SMILES string of the molecule is CCn1cc(C(=O)Nc2nc(-c3cc(OC)ccc3OC)cs2)c(=O)c2ccc(C)nc21. The van der Waals surface area contributed by atoms with Gasteiger partial charge < -0.3 is 14.0 Å². The number of aryl methyl sites for hydroxylation is 2. The van der Waals surface area contributed by atoms with Gasteiger partial charge in [-0.25, -0.2) is 9.97 Å². The van der Waals surface area contributed by atoms with Crippen molar-refractivity contribution < 1.29 is 14.3 Å². The third kappa shape index (κ3) is 3.94. The zero-order chi connectivity index (χ0) is 22.8. The Bertz CT molecular complexity index is 1380. The van der Waals surface area contributed by atoms with Crippen LogP contribution in [0.5, 0.6) is 11.5 Å². The van der Waals surface area contributed by atoms with Crippen LogP contribution in [-0.2, 0) is 6.54 Å². The lowest BCUT2D eigenvalue weighted by Crippen LogP contribution is -2.24. The highest BCUT2D eigenvalue weighted by Gasteiger charge is 2.18. The van der Waals surface area contributed by atoms with Gasteiger partial charge in [0.25, 0.3) is 5.91 Å². The van der Waals surface area contributed by atoms with E-state index in [1.165, 1.54) is 11.3 Å². The molecule has 3 aromatic heterocycles. The maximum absolute atomic E-state index is 13.0. The molecule has 0 aliphatic heterocycles. The molecule has 1 N–H and O–H groups in total. The summed E-state index contributed by atoms with van der Waals surface area (Å²) < 4.78 is 12.5. The molecule has 0 atom stereocenters. The standard InChI is InChI=1S/C23H22N4O4S/c1-5-27-11-17(20(28)15-8-6-13(2)24-21(15)27)22(29)26-23-25-18(12-32-23)16-10-14(30-3)7-9-19(16)31-4/h6-12H,5H2,1-4H3,(H,25,26,29). The van der Waals surface area contributed by atoms with Gasteiger partial charge in [-0.2, -0.15) is 0 Å². The topological polar surface area (TPSA) is 95.3 Å². The van der Waals surface area contributed by atoms with Gasteiger partial charge in [-0.3, -0.25) is 14.9 Å². The minimum absolute atomic E-state index is 0.0423. The first-order valence-electron chi connectivity index (χ1n) is 9.95. The van der Waals surface area contributed by atoms with E-state index in [0.717, 1.165) is 11.3 Å². The molecule has 32 heavy (non-hydrogen) atoms. The molecule has 0 unspecified atom stereocenters. The Kier molecular flexibility index (Phi) is 5.91. The molecule has 0 aliphatic rings. The van der Waals surface area contributed by atoms with Crippen LogP contribution < -0.4 is 20.2 Å². The van der Waals surface area contributed by atoms with E-state index in [4.69, 9.17) is 9.47 Å². The first kappa shape index (κ1) is 21.5. The Morgan fingerprint density at radius 1 is 1.16 bits per heavy atom. The molecule has 0 bridgehead atoms. The second-order valence-electron chi connectivity index (χ2n) is 7.04. The Morgan fingerprint density at radius 2 is 1.97 bits per heavy atom. The quantitative estimate of drug-likeness (QED) is 0.475. The number of carbonyl (C=O) groups is 1. The van der Waals surface area contributed by atoms with E-state index < -0.39 is 5.91 Å². The molecule has 0 saturated carbocycles. The van der Waals surface area contributed by atoms with Crippen LogP contribution in [0.15, 0.2) is 46.7 Å². The summed E-state index contributed by atoms with van der Waals surface area (Å²) in [5, 5.41) is 5.34. The number of hydrogen-bond donors (Lipinski definition) is 1. The monoisotopic (exact) mass is 450 g/mol. The van der Waals surface area contributed by atoms with Crippen molar-refractivity contribution in [2.24, 2.45) is 0 Å². The molecular weight excluding hydrogens is 428 g/mol. The second-order valence-corrected chi connectivity index (χ2v) is 7.90. The molecule has 1 aromatic carbocycles. The normalized spacial score (nSPS) is 10.9. The molecular formula is C23H22N4O4S. The number of amides is 1. The number of anilines is 1. The zero-order valence-electron chi connectivity index (χ0n) is 18.1. The first-order chi connectivity index (χ1) is 15.4. The van der Waals surface area contributed by atoms with Crippen molar-refractivity contribution in [3.8, 4) is 22.8 Å². The summed E-state index contributed by atoms with van der Waals surface area (Å²) in [6.45, 7) is 4.37. The lowest BCUT2D eigenvalue weighted by atomic mass is 10.1. The number of hydrogen-bond acceptors (Lipinski definition) is 7. The van der Waals surface area contributed by atoms with E-state index in [2.05, 4.69) is 15.3 Å². The van der Waals surface area contributed by atoms with Gasteiger partial charge in [0.1, 0.15) is 22.7 Å². The highest BCUT2D eigenvalue weighted by molar-refractivity contribution is 7.14. The number of thiazole rings is 1. The van der Waals surface area contributed by atoms with Gasteiger partial charge in [0, 0.05) is 29.4 Å². The zero-order valence-corrected chi connectivity index (χ0v) is 18.9. The maximum atomic E-state index is 13.0. The van der Waals surface area contributed by atoms with E-state index in [-0.39, 0.29) is 11.0 Å². The molecule has 3 heterocycles. The smallest absolute Gasteiger partial charge is 0.262 e. The van der Waals surface area contributed by atoms with Gasteiger partial charge in [0.05, 0.1) is 25.3 Å². The maximum Gasteiger partial charge on any atom is 0.262 e. The molecule has 0 fully saturated rings. The summed E-state index contributed by atoms with van der Waals surface area (Å²) in [4.78, 5) is 34.9. The molecule has 4 rings (SSSR count). The number of ether oxygens (including phenoxy) is 2. The Labute approximate surface area is 188 Å². The van der Waals surface area contributed by atoms with Crippen LogP contribution in [-0.4, -0.2) is 34.7 Å². The fraction of sp³-hybridized carbons (Fsp3) is 0.217. The molecule has 9 heteroatoms. The van der Waals surface area contributed by atoms with Crippen LogP contribution in [0.1, 0.15) is 23.0 Å². The van der Waals surface area contributed by atoms with E-state index in [1.54, 1.807) is 49.2 Å². The Hall–Kier alpha value is -3.72. The average Bonchev–Trinajstić information content (AvgIpc) is 3.27. The van der Waals surface area contributed by atoms with E-state index in [0.29, 0.717) is 39.9 Å². The summed E-state index contributed by atoms with van der Waals surface area (Å²) >= 11 is 1.26. The van der Waals surface area contributed by atoms with Gasteiger partial charge >= 0.3 is 0 Å². The van der Waals surface area contributed by atoms with Crippen molar-refractivity contribution in [3.05, 3.63) is 63.4 Å². The molecule has 164 valence electrons. The van der Waals surface area contributed by atoms with Crippen LogP contribution in [0.25, 0.3) is 22.3 Å². The number of aromatic nitrogens is 3. The van der Waals surface area contributed by atoms with Crippen LogP contribution in [0, 0.1) is 6.92 Å². The van der Waals surface area contributed by atoms with Gasteiger partial charge in [0.2, 0.25) is 5.43 Å². The van der Waals surface area contributed by atoms with Crippen molar-refractivity contribution in [1.29, 1.82) is 0 Å². The van der Waals surface area contributed by atoms with Crippen molar-refractivity contribution in [2.75, 3.05) is 19.5 Å². The molecule has 8 nitrogen and oxygen atoms in total. The summed E-state index contributed by atoms with van der Waals surface area (Å²) in [5.74, 6) is 0.787. The summed E-state index contributed by atoms with van der Waals surface area (Å²) in [6.07, 6.45) is 1.55. The number of methoxy groups -OCH3 is 2. The third-order valence-corrected chi connectivity index (χ3v) is 5.81. The van der Waals surface area contributed by atoms with Crippen molar-refractivity contribution >= 4 is 33.4 Å². The summed E-state index contributed by atoms with van der Waals surface area (Å²) in [7, 11) is 3.16. The first-order valence-corrected chi connectivity index (χ1v) is 10.8.